The molecule has 0 fully saturated rings. The maximum Gasteiger partial charge on any atom is 0.257 e. The molecule has 0 amide bonds. The van der Waals surface area contributed by atoms with Crippen LogP contribution in [0.2, 0.25) is 0 Å². The van der Waals surface area contributed by atoms with Crippen molar-refractivity contribution >= 4 is 12.4 Å². The Labute approximate surface area is 103 Å². The van der Waals surface area contributed by atoms with Crippen molar-refractivity contribution in [3.63, 3.8) is 0 Å². The second-order valence-electron chi connectivity index (χ2n) is 3.09. The molecule has 0 radical (unpaired) electrons. The van der Waals surface area contributed by atoms with Crippen molar-refractivity contribution in [2.45, 2.75) is 12.5 Å². The number of rotatable bonds is 3. The second kappa shape index (κ2) is 6.23. The van der Waals surface area contributed by atoms with E-state index in [4.69, 9.17) is 15.7 Å². The molecule has 0 heterocycles. The predicted molar refractivity (Wildman–Crippen MR) is 59.6 cm³/mol. The SMILES string of the molecule is COc1cc(C#N)cc([C@H](N)C(F)F)c1O.Cl. The molecule has 0 aliphatic rings. The van der Waals surface area contributed by atoms with Gasteiger partial charge in [-0.25, -0.2) is 8.78 Å². The van der Waals surface area contributed by atoms with Gasteiger partial charge in [0.2, 0.25) is 0 Å². The third-order valence-corrected chi connectivity index (χ3v) is 2.08. The van der Waals surface area contributed by atoms with Crippen molar-refractivity contribution in [3.8, 4) is 17.6 Å². The highest BCUT2D eigenvalue weighted by atomic mass is 35.5. The summed E-state index contributed by atoms with van der Waals surface area (Å²) in [6.45, 7) is 0. The summed E-state index contributed by atoms with van der Waals surface area (Å²) in [5.74, 6) is -0.514. The lowest BCUT2D eigenvalue weighted by atomic mass is 10.0. The van der Waals surface area contributed by atoms with Crippen LogP contribution in [-0.4, -0.2) is 18.6 Å². The van der Waals surface area contributed by atoms with E-state index in [1.807, 2.05) is 0 Å². The van der Waals surface area contributed by atoms with Crippen molar-refractivity contribution in [2.75, 3.05) is 7.11 Å². The number of benzene rings is 1. The monoisotopic (exact) mass is 264 g/mol. The second-order valence-corrected chi connectivity index (χ2v) is 3.09. The van der Waals surface area contributed by atoms with Crippen LogP contribution in [0.15, 0.2) is 12.1 Å². The van der Waals surface area contributed by atoms with E-state index in [-0.39, 0.29) is 29.3 Å². The minimum absolute atomic E-state index is 0. The van der Waals surface area contributed by atoms with Crippen LogP contribution in [0, 0.1) is 11.3 Å². The molecule has 7 heteroatoms. The quantitative estimate of drug-likeness (QED) is 0.875. The van der Waals surface area contributed by atoms with Gasteiger partial charge in [0.1, 0.15) is 0 Å². The largest absolute Gasteiger partial charge is 0.504 e. The van der Waals surface area contributed by atoms with Gasteiger partial charge in [0.05, 0.1) is 24.8 Å². The Balaban J connectivity index is 0.00000256. The lowest BCUT2D eigenvalue weighted by Crippen LogP contribution is -2.19. The molecule has 3 N–H and O–H groups in total. The van der Waals surface area contributed by atoms with Gasteiger partial charge in [0.25, 0.3) is 6.43 Å². The van der Waals surface area contributed by atoms with E-state index < -0.39 is 18.2 Å². The standard InChI is InChI=1S/C10H10F2N2O2.ClH/c1-16-7-3-5(4-13)2-6(9(7)15)8(14)10(11)12;/h2-3,8,10,15H,14H2,1H3;1H/t8-;/m0./s1. The molecule has 17 heavy (non-hydrogen) atoms. The van der Waals surface area contributed by atoms with Gasteiger partial charge in [0, 0.05) is 11.6 Å². The van der Waals surface area contributed by atoms with Crippen molar-refractivity contribution in [3.05, 3.63) is 23.3 Å². The van der Waals surface area contributed by atoms with Crippen molar-refractivity contribution in [1.82, 2.24) is 0 Å². The van der Waals surface area contributed by atoms with Crippen molar-refractivity contribution < 1.29 is 18.6 Å². The number of ether oxygens (including phenoxy) is 1. The Kier molecular flexibility index (Phi) is 5.65. The van der Waals surface area contributed by atoms with Crippen LogP contribution in [0.3, 0.4) is 0 Å². The summed E-state index contributed by atoms with van der Waals surface area (Å²) in [7, 11) is 1.26. The number of nitrogens with zero attached hydrogens (tertiary/aromatic N) is 1. The first-order valence-corrected chi connectivity index (χ1v) is 4.36. The number of halogens is 3. The average Bonchev–Trinajstić information content (AvgIpc) is 2.28. The number of phenols is 1. The maximum atomic E-state index is 12.4. The van der Waals surface area contributed by atoms with Crippen LogP contribution in [0.1, 0.15) is 17.2 Å². The van der Waals surface area contributed by atoms with Gasteiger partial charge in [-0.3, -0.25) is 0 Å². The highest BCUT2D eigenvalue weighted by Crippen LogP contribution is 2.36. The van der Waals surface area contributed by atoms with Crippen LogP contribution in [0.4, 0.5) is 8.78 Å². The Hall–Kier alpha value is -1.58. The molecule has 1 rings (SSSR count). The first-order valence-electron chi connectivity index (χ1n) is 4.36. The van der Waals surface area contributed by atoms with E-state index in [1.54, 1.807) is 6.07 Å². The highest BCUT2D eigenvalue weighted by Gasteiger charge is 2.23. The molecule has 0 spiro atoms. The van der Waals surface area contributed by atoms with Gasteiger partial charge in [-0.2, -0.15) is 5.26 Å². The number of aromatic hydroxyl groups is 1. The van der Waals surface area contributed by atoms with Crippen molar-refractivity contribution in [1.29, 1.82) is 5.26 Å². The van der Waals surface area contributed by atoms with E-state index in [0.29, 0.717) is 0 Å². The van der Waals surface area contributed by atoms with Gasteiger partial charge in [-0.1, -0.05) is 0 Å². The fourth-order valence-corrected chi connectivity index (χ4v) is 1.24. The first-order chi connectivity index (χ1) is 7.51. The topological polar surface area (TPSA) is 79.3 Å². The summed E-state index contributed by atoms with van der Waals surface area (Å²) in [5, 5.41) is 18.3. The molecule has 4 nitrogen and oxygen atoms in total. The molecule has 0 bridgehead atoms. The number of hydrogen-bond acceptors (Lipinski definition) is 4. The summed E-state index contributed by atoms with van der Waals surface area (Å²) in [6, 6.07) is 2.49. The summed E-state index contributed by atoms with van der Waals surface area (Å²) < 4.78 is 29.6. The Morgan fingerprint density at radius 2 is 2.06 bits per heavy atom. The number of nitrogens with two attached hydrogens (primary N) is 1. The molecule has 1 atom stereocenters. The van der Waals surface area contributed by atoms with Gasteiger partial charge in [-0.05, 0) is 6.07 Å². The van der Waals surface area contributed by atoms with Crippen LogP contribution in [-0.2, 0) is 0 Å². The van der Waals surface area contributed by atoms with E-state index in [1.165, 1.54) is 13.2 Å². The van der Waals surface area contributed by atoms with Crippen LogP contribution in [0.5, 0.6) is 11.5 Å². The van der Waals surface area contributed by atoms with Gasteiger partial charge in [0.15, 0.2) is 11.5 Å². The van der Waals surface area contributed by atoms with Gasteiger partial charge in [-0.15, -0.1) is 12.4 Å². The number of nitriles is 1. The van der Waals surface area contributed by atoms with Gasteiger partial charge >= 0.3 is 0 Å². The molecule has 0 aliphatic carbocycles. The smallest absolute Gasteiger partial charge is 0.257 e. The molecule has 0 aromatic heterocycles. The Bertz CT molecular complexity index is 435. The molecule has 1 aromatic carbocycles. The number of alkyl halides is 2. The third-order valence-electron chi connectivity index (χ3n) is 2.08. The third kappa shape index (κ3) is 3.19. The lowest BCUT2D eigenvalue weighted by molar-refractivity contribution is 0.115. The molecule has 94 valence electrons. The summed E-state index contributed by atoms with van der Waals surface area (Å²) >= 11 is 0. The normalized spacial score (nSPS) is 11.5. The van der Waals surface area contributed by atoms with E-state index in [9.17, 15) is 13.9 Å². The molecule has 0 aliphatic heterocycles. The lowest BCUT2D eigenvalue weighted by Gasteiger charge is -2.15. The molecule has 0 saturated heterocycles. The summed E-state index contributed by atoms with van der Waals surface area (Å²) in [6.07, 6.45) is -2.83. The van der Waals surface area contributed by atoms with Crippen molar-refractivity contribution in [2.24, 2.45) is 5.73 Å². The Morgan fingerprint density at radius 1 is 1.47 bits per heavy atom. The van der Waals surface area contributed by atoms with Crippen LogP contribution < -0.4 is 10.5 Å². The minimum atomic E-state index is -2.83. The highest BCUT2D eigenvalue weighted by molar-refractivity contribution is 5.85. The fourth-order valence-electron chi connectivity index (χ4n) is 1.24. The zero-order valence-electron chi connectivity index (χ0n) is 8.85. The van der Waals surface area contributed by atoms with E-state index in [0.717, 1.165) is 6.07 Å². The average molecular weight is 265 g/mol. The number of methoxy groups -OCH3 is 1. The molecule has 1 aromatic rings. The van der Waals surface area contributed by atoms with Gasteiger partial charge < -0.3 is 15.6 Å². The summed E-state index contributed by atoms with van der Waals surface area (Å²) in [4.78, 5) is 0. The zero-order chi connectivity index (χ0) is 12.3. The Morgan fingerprint density at radius 3 is 2.47 bits per heavy atom. The predicted octanol–water partition coefficient (Wildman–Crippen LogP) is 1.96. The fraction of sp³-hybridized carbons (Fsp3) is 0.300. The molecular formula is C10H11ClF2N2O2. The zero-order valence-corrected chi connectivity index (χ0v) is 9.67. The molecule has 0 unspecified atom stereocenters. The number of phenolic OH excluding ortho intramolecular Hbond substituents is 1. The first kappa shape index (κ1) is 15.4. The summed E-state index contributed by atoms with van der Waals surface area (Å²) in [5.41, 5.74) is 5.11. The van der Waals surface area contributed by atoms with Crippen LogP contribution in [0.25, 0.3) is 0 Å². The number of hydrogen-bond donors (Lipinski definition) is 2. The van der Waals surface area contributed by atoms with E-state index in [2.05, 4.69) is 0 Å². The van der Waals surface area contributed by atoms with Crippen LogP contribution >= 0.6 is 12.4 Å². The molecular weight excluding hydrogens is 254 g/mol. The maximum absolute atomic E-state index is 12.4. The molecule has 0 saturated carbocycles. The minimum Gasteiger partial charge on any atom is -0.504 e. The van der Waals surface area contributed by atoms with E-state index >= 15 is 0 Å².